The van der Waals surface area contributed by atoms with E-state index in [4.69, 9.17) is 5.41 Å². The number of nitrogens with one attached hydrogen (secondary N) is 1. The first-order valence-corrected chi connectivity index (χ1v) is 5.04. The van der Waals surface area contributed by atoms with Crippen LogP contribution in [0.3, 0.4) is 0 Å². The Morgan fingerprint density at radius 3 is 2.00 bits per heavy atom. The lowest BCUT2D eigenvalue weighted by atomic mass is 10.2. The molecule has 1 aromatic carbocycles. The van der Waals surface area contributed by atoms with Crippen molar-refractivity contribution >= 4 is 18.0 Å². The topological polar surface area (TPSA) is 23.9 Å². The van der Waals surface area contributed by atoms with Gasteiger partial charge in [0.15, 0.2) is 0 Å². The fourth-order valence-electron chi connectivity index (χ4n) is 0.559. The first-order chi connectivity index (χ1) is 5.74. The van der Waals surface area contributed by atoms with Crippen LogP contribution in [0.1, 0.15) is 5.56 Å². The highest BCUT2D eigenvalue weighted by Crippen LogP contribution is 1.98. The predicted octanol–water partition coefficient (Wildman–Crippen LogP) is 2.80. The normalized spacial score (nSPS) is 8.25. The van der Waals surface area contributed by atoms with Gasteiger partial charge in [-0.15, -0.1) is 0 Å². The molecule has 0 bridgehead atoms. The lowest BCUT2D eigenvalue weighted by molar-refractivity contribution is 0.628. The molecule has 12 heavy (non-hydrogen) atoms. The van der Waals surface area contributed by atoms with Gasteiger partial charge < -0.3 is 5.41 Å². The van der Waals surface area contributed by atoms with Crippen molar-refractivity contribution in [2.24, 2.45) is 0 Å². The Hall–Kier alpha value is -0.830. The Kier molecular flexibility index (Phi) is 6.38. The number of hydrogen-bond donors (Lipinski definition) is 1. The second-order valence-corrected chi connectivity index (χ2v) is 2.92. The number of halogens is 1. The van der Waals surface area contributed by atoms with Crippen molar-refractivity contribution in [3.63, 3.8) is 0 Å². The quantitative estimate of drug-likeness (QED) is 0.668. The molecule has 1 rings (SSSR count). The molecule has 0 aliphatic heterocycles. The van der Waals surface area contributed by atoms with Crippen LogP contribution in [-0.2, 0) is 0 Å². The van der Waals surface area contributed by atoms with Gasteiger partial charge in [0.1, 0.15) is 5.82 Å². The summed E-state index contributed by atoms with van der Waals surface area (Å²) in [6.07, 6.45) is 5.26. The van der Waals surface area contributed by atoms with Crippen LogP contribution in [0.25, 0.3) is 0 Å². The molecule has 1 N–H and O–H groups in total. The van der Waals surface area contributed by atoms with Crippen molar-refractivity contribution in [2.45, 2.75) is 0 Å². The summed E-state index contributed by atoms with van der Waals surface area (Å²) in [5.41, 5.74) is 0.719. The molecule has 0 radical (unpaired) electrons. The minimum absolute atomic E-state index is 0.263. The van der Waals surface area contributed by atoms with Gasteiger partial charge in [0, 0.05) is 6.21 Å². The average molecular weight is 185 g/mol. The maximum absolute atomic E-state index is 12.1. The Labute approximate surface area is 76.5 Å². The van der Waals surface area contributed by atoms with Crippen LogP contribution in [0.5, 0.6) is 0 Å². The van der Waals surface area contributed by atoms with Crippen molar-refractivity contribution in [3.05, 3.63) is 35.6 Å². The van der Waals surface area contributed by atoms with E-state index in [0.29, 0.717) is 0 Å². The smallest absolute Gasteiger partial charge is 0.123 e. The molecule has 0 aromatic heterocycles. The zero-order valence-corrected chi connectivity index (χ0v) is 7.99. The molecule has 1 nitrogen and oxygen atoms in total. The highest BCUT2D eigenvalue weighted by molar-refractivity contribution is 7.97. The lowest BCUT2D eigenvalue weighted by Gasteiger charge is -1.87. The molecular formula is C9H12FNS. The predicted molar refractivity (Wildman–Crippen MR) is 53.7 cm³/mol. The number of benzene rings is 1. The van der Waals surface area contributed by atoms with E-state index in [1.54, 1.807) is 23.9 Å². The van der Waals surface area contributed by atoms with Gasteiger partial charge >= 0.3 is 0 Å². The van der Waals surface area contributed by atoms with Crippen molar-refractivity contribution in [1.29, 1.82) is 5.41 Å². The summed E-state index contributed by atoms with van der Waals surface area (Å²) >= 11 is 1.75. The molecular weight excluding hydrogens is 173 g/mol. The Balaban J connectivity index is 0.000000354. The van der Waals surface area contributed by atoms with Gasteiger partial charge in [0.2, 0.25) is 0 Å². The van der Waals surface area contributed by atoms with Gasteiger partial charge in [0.05, 0.1) is 0 Å². The Bertz CT molecular complexity index is 220. The molecule has 0 heterocycles. The third-order valence-electron chi connectivity index (χ3n) is 1.04. The second-order valence-electron chi connectivity index (χ2n) is 2.10. The summed E-state index contributed by atoms with van der Waals surface area (Å²) in [6.45, 7) is 0. The summed E-state index contributed by atoms with van der Waals surface area (Å²) in [6, 6.07) is 5.78. The van der Waals surface area contributed by atoms with E-state index in [9.17, 15) is 4.39 Å². The molecule has 0 aliphatic carbocycles. The second kappa shape index (κ2) is 6.85. The van der Waals surface area contributed by atoms with Crippen LogP contribution in [0, 0.1) is 11.2 Å². The van der Waals surface area contributed by atoms with E-state index in [-0.39, 0.29) is 5.82 Å². The Morgan fingerprint density at radius 2 is 1.67 bits per heavy atom. The lowest BCUT2D eigenvalue weighted by Crippen LogP contribution is -1.78. The fourth-order valence-corrected chi connectivity index (χ4v) is 0.559. The summed E-state index contributed by atoms with van der Waals surface area (Å²) in [7, 11) is 0. The van der Waals surface area contributed by atoms with Crippen LogP contribution in [-0.4, -0.2) is 18.7 Å². The standard InChI is InChI=1S/C7H6FN.C2H6S/c8-7-3-1-6(5-9)2-4-7;1-3-2/h1-5,9H;1-2H3. The summed E-state index contributed by atoms with van der Waals surface area (Å²) in [5, 5.41) is 6.77. The zero-order valence-electron chi connectivity index (χ0n) is 7.17. The summed E-state index contributed by atoms with van der Waals surface area (Å²) < 4.78 is 12.1. The van der Waals surface area contributed by atoms with Crippen molar-refractivity contribution < 1.29 is 4.39 Å². The molecule has 0 fully saturated rings. The minimum atomic E-state index is -0.263. The van der Waals surface area contributed by atoms with Crippen molar-refractivity contribution in [3.8, 4) is 0 Å². The summed E-state index contributed by atoms with van der Waals surface area (Å²) in [4.78, 5) is 0. The van der Waals surface area contributed by atoms with Gasteiger partial charge in [0.25, 0.3) is 0 Å². The molecule has 0 atom stereocenters. The number of thioether (sulfide) groups is 1. The first-order valence-electron chi connectivity index (χ1n) is 3.40. The third kappa shape index (κ3) is 4.91. The van der Waals surface area contributed by atoms with E-state index >= 15 is 0 Å². The van der Waals surface area contributed by atoms with Gasteiger partial charge in [-0.2, -0.15) is 11.8 Å². The van der Waals surface area contributed by atoms with Crippen LogP contribution in [0.15, 0.2) is 24.3 Å². The zero-order chi connectivity index (χ0) is 9.40. The van der Waals surface area contributed by atoms with Gasteiger partial charge in [-0.1, -0.05) is 12.1 Å². The third-order valence-corrected chi connectivity index (χ3v) is 1.04. The van der Waals surface area contributed by atoms with Gasteiger partial charge in [-0.3, -0.25) is 0 Å². The number of hydrogen-bond acceptors (Lipinski definition) is 2. The maximum atomic E-state index is 12.1. The van der Waals surface area contributed by atoms with E-state index in [1.165, 1.54) is 18.3 Å². The largest absolute Gasteiger partial charge is 0.308 e. The van der Waals surface area contributed by atoms with Gasteiger partial charge in [-0.25, -0.2) is 4.39 Å². The van der Waals surface area contributed by atoms with Crippen LogP contribution >= 0.6 is 11.8 Å². The average Bonchev–Trinajstić information content (AvgIpc) is 2.07. The maximum Gasteiger partial charge on any atom is 0.123 e. The van der Waals surface area contributed by atoms with E-state index < -0.39 is 0 Å². The summed E-state index contributed by atoms with van der Waals surface area (Å²) in [5.74, 6) is -0.263. The molecule has 66 valence electrons. The number of rotatable bonds is 1. The van der Waals surface area contributed by atoms with Crippen LogP contribution < -0.4 is 0 Å². The molecule has 0 spiro atoms. The van der Waals surface area contributed by atoms with Crippen LogP contribution in [0.4, 0.5) is 4.39 Å². The molecule has 3 heteroatoms. The fraction of sp³-hybridized carbons (Fsp3) is 0.222. The monoisotopic (exact) mass is 185 g/mol. The molecule has 0 amide bonds. The highest BCUT2D eigenvalue weighted by atomic mass is 32.2. The Morgan fingerprint density at radius 1 is 1.25 bits per heavy atom. The molecule has 0 unspecified atom stereocenters. The minimum Gasteiger partial charge on any atom is -0.308 e. The van der Waals surface area contributed by atoms with Crippen molar-refractivity contribution in [2.75, 3.05) is 12.5 Å². The van der Waals surface area contributed by atoms with E-state index in [0.717, 1.165) is 5.56 Å². The van der Waals surface area contributed by atoms with Crippen molar-refractivity contribution in [1.82, 2.24) is 0 Å². The first kappa shape index (κ1) is 11.2. The molecule has 0 saturated carbocycles. The van der Waals surface area contributed by atoms with Gasteiger partial charge in [-0.05, 0) is 30.2 Å². The molecule has 0 aliphatic rings. The van der Waals surface area contributed by atoms with E-state index in [1.807, 2.05) is 12.5 Å². The SMILES string of the molecule is CSC.N=Cc1ccc(F)cc1. The molecule has 1 aromatic rings. The highest BCUT2D eigenvalue weighted by Gasteiger charge is 1.86. The molecule has 0 saturated heterocycles. The van der Waals surface area contributed by atoms with E-state index in [2.05, 4.69) is 0 Å². The van der Waals surface area contributed by atoms with Crippen LogP contribution in [0.2, 0.25) is 0 Å².